The van der Waals surface area contributed by atoms with Crippen molar-refractivity contribution in [2.24, 2.45) is 0 Å². The van der Waals surface area contributed by atoms with Crippen LogP contribution in [0.15, 0.2) is 66.2 Å². The molecule has 1 aliphatic rings. The molecule has 0 bridgehead atoms. The summed E-state index contributed by atoms with van der Waals surface area (Å²) in [6.45, 7) is 9.68. The molecule has 3 aromatic rings. The van der Waals surface area contributed by atoms with Gasteiger partial charge in [-0.15, -0.1) is 0 Å². The predicted octanol–water partition coefficient (Wildman–Crippen LogP) is 6.03. The third-order valence-electron chi connectivity index (χ3n) is 6.37. The van der Waals surface area contributed by atoms with Gasteiger partial charge in [-0.3, -0.25) is 14.5 Å². The Morgan fingerprint density at radius 1 is 0.944 bits per heavy atom. The van der Waals surface area contributed by atoms with Gasteiger partial charge in [0.15, 0.2) is 0 Å². The van der Waals surface area contributed by atoms with Crippen molar-refractivity contribution in [3.05, 3.63) is 94.1 Å². The van der Waals surface area contributed by atoms with Crippen molar-refractivity contribution in [2.45, 2.75) is 46.8 Å². The highest BCUT2D eigenvalue weighted by Gasteiger charge is 2.47. The monoisotopic (exact) mass is 485 g/mol. The van der Waals surface area contributed by atoms with Crippen LogP contribution in [-0.2, 0) is 9.59 Å². The Balaban J connectivity index is 1.99. The molecular weight excluding hydrogens is 454 g/mol. The van der Waals surface area contributed by atoms with Gasteiger partial charge < -0.3 is 14.6 Å². The minimum atomic E-state index is -0.854. The lowest BCUT2D eigenvalue weighted by Gasteiger charge is -2.26. The molecule has 1 unspecified atom stereocenters. The lowest BCUT2D eigenvalue weighted by Crippen LogP contribution is -2.29. The highest BCUT2D eigenvalue weighted by molar-refractivity contribution is 6.51. The summed E-state index contributed by atoms with van der Waals surface area (Å²) in [4.78, 5) is 28.4. The Bertz CT molecular complexity index is 1370. The number of nitrogens with zero attached hydrogens (tertiary/aromatic N) is 1. The SMILES string of the molecule is COc1ccc(C)cc1/C(O)=C1\C(=O)C(=O)N(c2ccc(C)c(C)c2)C1c1cccc(OC(C)C)c1. The number of hydrogen-bond acceptors (Lipinski definition) is 5. The molecule has 6 nitrogen and oxygen atoms in total. The van der Waals surface area contributed by atoms with Gasteiger partial charge in [-0.05, 0) is 87.7 Å². The van der Waals surface area contributed by atoms with E-state index in [9.17, 15) is 14.7 Å². The van der Waals surface area contributed by atoms with Crippen LogP contribution >= 0.6 is 0 Å². The van der Waals surface area contributed by atoms with Crippen LogP contribution in [0.1, 0.15) is 47.7 Å². The average Bonchev–Trinajstić information content (AvgIpc) is 3.10. The molecule has 36 heavy (non-hydrogen) atoms. The number of Topliss-reactive ketones (excluding diaryl/α,β-unsaturated/α-hetero) is 1. The second-order valence-electron chi connectivity index (χ2n) is 9.38. The largest absolute Gasteiger partial charge is 0.507 e. The average molecular weight is 486 g/mol. The number of aryl methyl sites for hydroxylation is 3. The van der Waals surface area contributed by atoms with Crippen molar-refractivity contribution in [3.63, 3.8) is 0 Å². The molecule has 0 spiro atoms. The molecule has 1 N–H and O–H groups in total. The Morgan fingerprint density at radius 3 is 2.36 bits per heavy atom. The van der Waals surface area contributed by atoms with Crippen molar-refractivity contribution in [1.29, 1.82) is 0 Å². The van der Waals surface area contributed by atoms with E-state index >= 15 is 0 Å². The molecular formula is C30H31NO5. The van der Waals surface area contributed by atoms with Crippen molar-refractivity contribution >= 4 is 23.1 Å². The second kappa shape index (κ2) is 9.90. The molecule has 1 aliphatic heterocycles. The third-order valence-corrected chi connectivity index (χ3v) is 6.37. The molecule has 1 saturated heterocycles. The van der Waals surface area contributed by atoms with E-state index in [0.717, 1.165) is 16.7 Å². The van der Waals surface area contributed by atoms with Gasteiger partial charge in [0, 0.05) is 5.69 Å². The van der Waals surface area contributed by atoms with Crippen LogP contribution in [0.2, 0.25) is 0 Å². The van der Waals surface area contributed by atoms with Crippen molar-refractivity contribution < 1.29 is 24.2 Å². The highest BCUT2D eigenvalue weighted by Crippen LogP contribution is 2.44. The molecule has 3 aromatic carbocycles. The van der Waals surface area contributed by atoms with Gasteiger partial charge in [0.05, 0.1) is 30.4 Å². The van der Waals surface area contributed by atoms with Gasteiger partial charge in [0.25, 0.3) is 11.7 Å². The fourth-order valence-electron chi connectivity index (χ4n) is 4.47. The Labute approximate surface area is 211 Å². The van der Waals surface area contributed by atoms with E-state index in [1.54, 1.807) is 12.1 Å². The van der Waals surface area contributed by atoms with E-state index in [2.05, 4.69) is 0 Å². The minimum absolute atomic E-state index is 0.00354. The maximum Gasteiger partial charge on any atom is 0.300 e. The van der Waals surface area contributed by atoms with Crippen LogP contribution in [0.25, 0.3) is 5.76 Å². The quantitative estimate of drug-likeness (QED) is 0.262. The number of rotatable bonds is 6. The number of ketones is 1. The van der Waals surface area contributed by atoms with Crippen LogP contribution in [0.4, 0.5) is 5.69 Å². The summed E-state index contributed by atoms with van der Waals surface area (Å²) >= 11 is 0. The van der Waals surface area contributed by atoms with Crippen LogP contribution in [0.5, 0.6) is 11.5 Å². The maximum atomic E-state index is 13.5. The number of carbonyl (C=O) groups excluding carboxylic acids is 2. The van der Waals surface area contributed by atoms with Gasteiger partial charge in [-0.25, -0.2) is 0 Å². The van der Waals surface area contributed by atoms with Gasteiger partial charge >= 0.3 is 0 Å². The lowest BCUT2D eigenvalue weighted by molar-refractivity contribution is -0.132. The van der Waals surface area contributed by atoms with E-state index in [-0.39, 0.29) is 17.4 Å². The number of hydrogen-bond donors (Lipinski definition) is 1. The molecule has 1 atom stereocenters. The fourth-order valence-corrected chi connectivity index (χ4v) is 4.47. The lowest BCUT2D eigenvalue weighted by atomic mass is 9.94. The molecule has 0 saturated carbocycles. The van der Waals surface area contributed by atoms with Gasteiger partial charge in [-0.1, -0.05) is 29.8 Å². The van der Waals surface area contributed by atoms with Crippen LogP contribution in [0.3, 0.4) is 0 Å². The van der Waals surface area contributed by atoms with E-state index in [1.165, 1.54) is 12.0 Å². The number of benzene rings is 3. The van der Waals surface area contributed by atoms with Crippen LogP contribution in [-0.4, -0.2) is 30.0 Å². The van der Waals surface area contributed by atoms with Gasteiger partial charge in [-0.2, -0.15) is 0 Å². The zero-order valence-corrected chi connectivity index (χ0v) is 21.5. The van der Waals surface area contributed by atoms with Crippen molar-refractivity contribution in [2.75, 3.05) is 12.0 Å². The highest BCUT2D eigenvalue weighted by atomic mass is 16.5. The molecule has 0 radical (unpaired) electrons. The molecule has 1 fully saturated rings. The molecule has 0 aliphatic carbocycles. The normalized spacial score (nSPS) is 17.1. The smallest absolute Gasteiger partial charge is 0.300 e. The van der Waals surface area contributed by atoms with Crippen LogP contribution < -0.4 is 14.4 Å². The Hall–Kier alpha value is -4.06. The number of ether oxygens (including phenoxy) is 2. The zero-order valence-electron chi connectivity index (χ0n) is 21.5. The van der Waals surface area contributed by atoms with Gasteiger partial charge in [0.1, 0.15) is 17.3 Å². The molecule has 6 heteroatoms. The number of methoxy groups -OCH3 is 1. The summed E-state index contributed by atoms with van der Waals surface area (Å²) in [6, 6.07) is 17.4. The molecule has 186 valence electrons. The Kier molecular flexibility index (Phi) is 6.88. The number of amides is 1. The topological polar surface area (TPSA) is 76.1 Å². The summed E-state index contributed by atoms with van der Waals surface area (Å²) in [5.41, 5.74) is 4.53. The third kappa shape index (κ3) is 4.59. The number of anilines is 1. The zero-order chi connectivity index (χ0) is 26.1. The van der Waals surface area contributed by atoms with E-state index < -0.39 is 17.7 Å². The number of aliphatic hydroxyl groups excluding tert-OH is 1. The fraction of sp³-hybridized carbons (Fsp3) is 0.267. The van der Waals surface area contributed by atoms with Crippen LogP contribution in [0, 0.1) is 20.8 Å². The molecule has 4 rings (SSSR count). The predicted molar refractivity (Wildman–Crippen MR) is 141 cm³/mol. The first-order valence-electron chi connectivity index (χ1n) is 11.9. The number of carbonyl (C=O) groups is 2. The maximum absolute atomic E-state index is 13.5. The molecule has 1 heterocycles. The molecule has 0 aromatic heterocycles. The summed E-state index contributed by atoms with van der Waals surface area (Å²) < 4.78 is 11.4. The summed E-state index contributed by atoms with van der Waals surface area (Å²) in [5, 5.41) is 11.5. The molecule has 1 amide bonds. The Morgan fingerprint density at radius 2 is 1.69 bits per heavy atom. The first-order chi connectivity index (χ1) is 17.1. The van der Waals surface area contributed by atoms with Gasteiger partial charge in [0.2, 0.25) is 0 Å². The van der Waals surface area contributed by atoms with Crippen molar-refractivity contribution in [1.82, 2.24) is 0 Å². The summed E-state index contributed by atoms with van der Waals surface area (Å²) in [7, 11) is 1.50. The first-order valence-corrected chi connectivity index (χ1v) is 11.9. The number of aliphatic hydroxyl groups is 1. The summed E-state index contributed by atoms with van der Waals surface area (Å²) in [5.74, 6) is -0.714. The van der Waals surface area contributed by atoms with Crippen molar-refractivity contribution in [3.8, 4) is 11.5 Å². The first kappa shape index (κ1) is 25.0. The minimum Gasteiger partial charge on any atom is -0.507 e. The standard InChI is InChI=1S/C30H31NO5/c1-17(2)36-23-9-7-8-21(16-23)27-26(28(32)24-14-18(3)10-13-25(24)35-6)29(33)30(34)31(27)22-12-11-19(4)20(5)15-22/h7-17,27,32H,1-6H3/b28-26+. The van der Waals surface area contributed by atoms with E-state index in [1.807, 2.05) is 83.1 Å². The summed E-state index contributed by atoms with van der Waals surface area (Å²) in [6.07, 6.45) is -0.0529. The van der Waals surface area contributed by atoms with E-state index in [0.29, 0.717) is 28.3 Å². The van der Waals surface area contributed by atoms with E-state index in [4.69, 9.17) is 9.47 Å². The second-order valence-corrected chi connectivity index (χ2v) is 9.38.